The van der Waals surface area contributed by atoms with Gasteiger partial charge in [0.1, 0.15) is 23.1 Å². The number of nitrogens with zero attached hydrogens (tertiary/aromatic N) is 3. The molecule has 0 saturated carbocycles. The quantitative estimate of drug-likeness (QED) is 0.684. The van der Waals surface area contributed by atoms with E-state index in [1.165, 1.54) is 11.0 Å². The number of hydrogen-bond donors (Lipinski definition) is 1. The second kappa shape index (κ2) is 6.76. The number of likely N-dealkylation sites (N-methyl/N-ethyl adjacent to an activating group) is 1. The first kappa shape index (κ1) is 19.5. The van der Waals surface area contributed by atoms with E-state index in [2.05, 4.69) is 15.3 Å². The number of para-hydroxylation sites is 1. The lowest BCUT2D eigenvalue weighted by Crippen LogP contribution is -2.35. The van der Waals surface area contributed by atoms with Crippen LogP contribution in [0.15, 0.2) is 30.3 Å². The number of hydrogen-bond acceptors (Lipinski definition) is 6. The van der Waals surface area contributed by atoms with Gasteiger partial charge in [-0.3, -0.25) is 4.79 Å². The molecule has 31 heavy (non-hydrogen) atoms. The summed E-state index contributed by atoms with van der Waals surface area (Å²) in [6.07, 6.45) is 0. The molecule has 0 bridgehead atoms. The molecule has 2 aliphatic heterocycles. The number of aromatic nitrogens is 2. The molecule has 3 heterocycles. The second-order valence-electron chi connectivity index (χ2n) is 7.78. The Bertz CT molecular complexity index is 1230. The number of fused-ring (bicyclic) bond motifs is 3. The maximum Gasteiger partial charge on any atom is 0.310 e. The molecule has 9 heteroatoms. The average molecular weight is 426 g/mol. The number of aryl methyl sites for hydroxylation is 1. The van der Waals surface area contributed by atoms with Crippen LogP contribution in [0.1, 0.15) is 29.9 Å². The number of anilines is 2. The number of amides is 1. The number of halogens is 2. The highest BCUT2D eigenvalue weighted by atomic mass is 19.3. The number of ether oxygens (including phenoxy) is 2. The van der Waals surface area contributed by atoms with E-state index >= 15 is 0 Å². The summed E-state index contributed by atoms with van der Waals surface area (Å²) in [5.74, 6) is -1.29. The predicted octanol–water partition coefficient (Wildman–Crippen LogP) is 3.95. The molecule has 0 radical (unpaired) electrons. The van der Waals surface area contributed by atoms with Gasteiger partial charge in [-0.05, 0) is 26.0 Å². The van der Waals surface area contributed by atoms with Crippen LogP contribution in [0.3, 0.4) is 0 Å². The van der Waals surface area contributed by atoms with Crippen molar-refractivity contribution < 1.29 is 23.0 Å². The average Bonchev–Trinajstić information content (AvgIpc) is 3.04. The Morgan fingerprint density at radius 1 is 1.23 bits per heavy atom. The van der Waals surface area contributed by atoms with Crippen LogP contribution in [0.25, 0.3) is 10.9 Å². The van der Waals surface area contributed by atoms with E-state index in [9.17, 15) is 13.6 Å². The Kier molecular flexibility index (Phi) is 4.25. The van der Waals surface area contributed by atoms with Crippen molar-refractivity contribution in [2.75, 3.05) is 30.5 Å². The first-order valence-corrected chi connectivity index (χ1v) is 9.87. The van der Waals surface area contributed by atoms with Crippen molar-refractivity contribution >= 4 is 28.3 Å². The van der Waals surface area contributed by atoms with Crippen LogP contribution in [0.5, 0.6) is 11.5 Å². The number of benzene rings is 2. The van der Waals surface area contributed by atoms with Gasteiger partial charge in [0.2, 0.25) is 0 Å². The van der Waals surface area contributed by atoms with E-state index in [-0.39, 0.29) is 29.9 Å². The molecule has 0 unspecified atom stereocenters. The summed E-state index contributed by atoms with van der Waals surface area (Å²) in [4.78, 5) is 22.6. The van der Waals surface area contributed by atoms with Gasteiger partial charge in [-0.2, -0.15) is 8.78 Å². The first-order chi connectivity index (χ1) is 14.7. The van der Waals surface area contributed by atoms with Gasteiger partial charge in [0.05, 0.1) is 22.8 Å². The van der Waals surface area contributed by atoms with Gasteiger partial charge in [-0.1, -0.05) is 12.1 Å². The lowest BCUT2D eigenvalue weighted by molar-refractivity contribution is -0.120. The Labute approximate surface area is 177 Å². The van der Waals surface area contributed by atoms with Crippen molar-refractivity contribution in [3.63, 3.8) is 0 Å². The van der Waals surface area contributed by atoms with Gasteiger partial charge in [-0.15, -0.1) is 0 Å². The van der Waals surface area contributed by atoms with E-state index in [4.69, 9.17) is 9.47 Å². The van der Waals surface area contributed by atoms with E-state index in [1.807, 2.05) is 6.92 Å². The zero-order valence-electron chi connectivity index (χ0n) is 17.2. The highest BCUT2D eigenvalue weighted by Gasteiger charge is 2.42. The monoisotopic (exact) mass is 426 g/mol. The molecule has 1 N–H and O–H groups in total. The third-order valence-electron chi connectivity index (χ3n) is 5.63. The SMILES string of the molecule is Cc1nc(N[C@H](C)c2cccc3c2OCC3(F)F)c2cc3c(cc2n1)OCC(=O)N3C. The van der Waals surface area contributed by atoms with Gasteiger partial charge in [0, 0.05) is 24.1 Å². The minimum atomic E-state index is -3.00. The van der Waals surface area contributed by atoms with Crippen molar-refractivity contribution in [3.8, 4) is 11.5 Å². The van der Waals surface area contributed by atoms with Gasteiger partial charge < -0.3 is 19.7 Å². The van der Waals surface area contributed by atoms with Crippen molar-refractivity contribution in [3.05, 3.63) is 47.3 Å². The van der Waals surface area contributed by atoms with Crippen LogP contribution in [0.2, 0.25) is 0 Å². The summed E-state index contributed by atoms with van der Waals surface area (Å²) in [7, 11) is 1.69. The highest BCUT2D eigenvalue weighted by molar-refractivity contribution is 6.02. The molecular formula is C22H20F2N4O3. The van der Waals surface area contributed by atoms with Crippen molar-refractivity contribution in [2.45, 2.75) is 25.8 Å². The molecule has 3 aromatic rings. The molecular weight excluding hydrogens is 406 g/mol. The summed E-state index contributed by atoms with van der Waals surface area (Å²) < 4.78 is 39.1. The van der Waals surface area contributed by atoms with Crippen molar-refractivity contribution in [1.29, 1.82) is 0 Å². The van der Waals surface area contributed by atoms with Crippen LogP contribution in [0, 0.1) is 6.92 Å². The largest absolute Gasteiger partial charge is 0.486 e. The maximum absolute atomic E-state index is 14.1. The van der Waals surface area contributed by atoms with Gasteiger partial charge in [0.25, 0.3) is 5.91 Å². The van der Waals surface area contributed by atoms with E-state index in [1.54, 1.807) is 38.2 Å². The minimum Gasteiger partial charge on any atom is -0.486 e. The topological polar surface area (TPSA) is 76.6 Å². The molecule has 2 aliphatic rings. The van der Waals surface area contributed by atoms with Crippen LogP contribution in [-0.4, -0.2) is 36.1 Å². The summed E-state index contributed by atoms with van der Waals surface area (Å²) >= 11 is 0. The number of carbonyl (C=O) groups is 1. The number of carbonyl (C=O) groups excluding carboxylic acids is 1. The summed E-state index contributed by atoms with van der Waals surface area (Å²) in [5.41, 5.74) is 1.79. The number of alkyl halides is 2. The van der Waals surface area contributed by atoms with E-state index in [0.717, 1.165) is 0 Å². The second-order valence-corrected chi connectivity index (χ2v) is 7.78. The van der Waals surface area contributed by atoms with Gasteiger partial charge in [-0.25, -0.2) is 9.97 Å². The fourth-order valence-corrected chi connectivity index (χ4v) is 3.99. The van der Waals surface area contributed by atoms with Crippen LogP contribution < -0.4 is 19.7 Å². The van der Waals surface area contributed by atoms with E-state index < -0.39 is 12.5 Å². The zero-order chi connectivity index (χ0) is 21.9. The molecule has 1 atom stereocenters. The molecule has 1 aromatic heterocycles. The summed E-state index contributed by atoms with van der Waals surface area (Å²) in [5, 5.41) is 4.01. The zero-order valence-corrected chi connectivity index (χ0v) is 17.2. The van der Waals surface area contributed by atoms with Crippen molar-refractivity contribution in [2.24, 2.45) is 0 Å². The minimum absolute atomic E-state index is 0.0229. The Hall–Kier alpha value is -3.49. The molecule has 0 spiro atoms. The maximum atomic E-state index is 14.1. The fraction of sp³-hybridized carbons (Fsp3) is 0.318. The standard InChI is InChI=1S/C22H20F2N4O3/c1-11(13-5-4-6-15-20(13)31-10-22(15,23)24)25-21-14-7-17-18(30-9-19(29)28(17)3)8-16(14)26-12(2)27-21/h4-8,11H,9-10H2,1-3H3,(H,25,26,27)/t11-/m1/s1. The summed E-state index contributed by atoms with van der Waals surface area (Å²) in [6.45, 7) is 2.95. The molecule has 7 nitrogen and oxygen atoms in total. The molecule has 0 fully saturated rings. The molecule has 0 aliphatic carbocycles. The number of nitrogens with one attached hydrogen (secondary N) is 1. The third kappa shape index (κ3) is 3.11. The third-order valence-corrected chi connectivity index (χ3v) is 5.63. The summed E-state index contributed by atoms with van der Waals surface area (Å²) in [6, 6.07) is 7.97. The molecule has 160 valence electrons. The fourth-order valence-electron chi connectivity index (χ4n) is 3.99. The highest BCUT2D eigenvalue weighted by Crippen LogP contribution is 2.45. The van der Waals surface area contributed by atoms with Crippen LogP contribution in [-0.2, 0) is 10.7 Å². The van der Waals surface area contributed by atoms with Gasteiger partial charge in [0.15, 0.2) is 13.2 Å². The Morgan fingerprint density at radius 2 is 2.03 bits per heavy atom. The van der Waals surface area contributed by atoms with Crippen molar-refractivity contribution in [1.82, 2.24) is 9.97 Å². The van der Waals surface area contributed by atoms with Gasteiger partial charge >= 0.3 is 5.92 Å². The first-order valence-electron chi connectivity index (χ1n) is 9.87. The number of rotatable bonds is 3. The normalized spacial score (nSPS) is 17.6. The molecule has 0 saturated heterocycles. The Balaban J connectivity index is 1.57. The van der Waals surface area contributed by atoms with Crippen LogP contribution >= 0.6 is 0 Å². The van der Waals surface area contributed by atoms with Crippen LogP contribution in [0.4, 0.5) is 20.3 Å². The smallest absolute Gasteiger partial charge is 0.310 e. The molecule has 2 aromatic carbocycles. The molecule has 1 amide bonds. The van der Waals surface area contributed by atoms with E-state index in [0.29, 0.717) is 39.5 Å². The lowest BCUT2D eigenvalue weighted by Gasteiger charge is -2.26. The molecule has 5 rings (SSSR count). The lowest BCUT2D eigenvalue weighted by atomic mass is 10.0. The predicted molar refractivity (Wildman–Crippen MR) is 111 cm³/mol. The Morgan fingerprint density at radius 3 is 2.84 bits per heavy atom.